The normalized spacial score (nSPS) is 15.9. The molecule has 2 aromatic rings. The average molecular weight is 361 g/mol. The van der Waals surface area contributed by atoms with Crippen molar-refractivity contribution in [3.05, 3.63) is 58.7 Å². The van der Waals surface area contributed by atoms with Gasteiger partial charge in [0.2, 0.25) is 5.82 Å². The van der Waals surface area contributed by atoms with E-state index in [2.05, 4.69) is 9.97 Å². The van der Waals surface area contributed by atoms with E-state index in [0.717, 1.165) is 12.3 Å². The Kier molecular flexibility index (Phi) is 4.44. The average Bonchev–Trinajstić information content (AvgIpc) is 2.53. The fourth-order valence-corrected chi connectivity index (χ4v) is 2.82. The van der Waals surface area contributed by atoms with Crippen molar-refractivity contribution in [3.63, 3.8) is 0 Å². The fraction of sp³-hybridized carbons (Fsp3) is 0.375. The predicted octanol–water partition coefficient (Wildman–Crippen LogP) is 4.07. The third-order valence-corrected chi connectivity index (χ3v) is 3.98. The zero-order chi connectivity index (χ0) is 18.2. The van der Waals surface area contributed by atoms with E-state index in [1.165, 1.54) is 18.2 Å². The minimum absolute atomic E-state index is 0.0517. The summed E-state index contributed by atoms with van der Waals surface area (Å²) in [5.41, 5.74) is 0.224. The van der Waals surface area contributed by atoms with Crippen LogP contribution in [0.1, 0.15) is 28.2 Å². The van der Waals surface area contributed by atoms with E-state index in [4.69, 9.17) is 0 Å². The number of hydrogen-bond acceptors (Lipinski definition) is 3. The first-order chi connectivity index (χ1) is 11.6. The molecule has 0 radical (unpaired) electrons. The topological polar surface area (TPSA) is 29.0 Å². The fourth-order valence-electron chi connectivity index (χ4n) is 2.82. The van der Waals surface area contributed by atoms with Crippen LogP contribution >= 0.6 is 0 Å². The number of fused-ring (bicyclic) bond motifs is 1. The molecule has 25 heavy (non-hydrogen) atoms. The maximum Gasteiger partial charge on any atom is 0.451 e. The number of aromatic nitrogens is 2. The summed E-state index contributed by atoms with van der Waals surface area (Å²) in [4.78, 5) is 8.60. The van der Waals surface area contributed by atoms with Gasteiger partial charge in [-0.05, 0) is 11.6 Å². The van der Waals surface area contributed by atoms with Crippen LogP contribution in [0.25, 0.3) is 0 Å². The molecule has 0 spiro atoms. The van der Waals surface area contributed by atoms with Gasteiger partial charge in [-0.1, -0.05) is 18.2 Å². The van der Waals surface area contributed by atoms with Crippen LogP contribution in [0.15, 0.2) is 30.5 Å². The molecule has 0 amide bonds. The minimum Gasteiger partial charge on any atom is -0.294 e. The highest BCUT2D eigenvalue weighted by Gasteiger charge is 2.36. The van der Waals surface area contributed by atoms with Crippen LogP contribution in [0.2, 0.25) is 0 Å². The molecule has 0 bridgehead atoms. The highest BCUT2D eigenvalue weighted by molar-refractivity contribution is 5.30. The van der Waals surface area contributed by atoms with Crippen LogP contribution < -0.4 is 0 Å². The summed E-state index contributed by atoms with van der Waals surface area (Å²) < 4.78 is 77.1. The van der Waals surface area contributed by atoms with E-state index >= 15 is 0 Å². The molecular weight excluding hydrogens is 348 g/mol. The van der Waals surface area contributed by atoms with Crippen molar-refractivity contribution in [1.82, 2.24) is 14.9 Å². The van der Waals surface area contributed by atoms with E-state index in [0.29, 0.717) is 17.8 Å². The summed E-state index contributed by atoms with van der Waals surface area (Å²) >= 11 is 0. The molecule has 0 aliphatic carbocycles. The van der Waals surface area contributed by atoms with Crippen molar-refractivity contribution in [3.8, 4) is 0 Å². The summed E-state index contributed by atoms with van der Waals surface area (Å²) in [5, 5.41) is 0. The summed E-state index contributed by atoms with van der Waals surface area (Å²) in [6, 6.07) is 5.28. The van der Waals surface area contributed by atoms with Crippen molar-refractivity contribution in [2.75, 3.05) is 6.54 Å². The smallest absolute Gasteiger partial charge is 0.294 e. The zero-order valence-electron chi connectivity index (χ0n) is 12.8. The second-order valence-corrected chi connectivity index (χ2v) is 5.78. The van der Waals surface area contributed by atoms with Gasteiger partial charge in [0.15, 0.2) is 0 Å². The second kappa shape index (κ2) is 6.29. The predicted molar refractivity (Wildman–Crippen MR) is 76.3 cm³/mol. The van der Waals surface area contributed by atoms with Gasteiger partial charge in [0.1, 0.15) is 0 Å². The molecule has 3 rings (SSSR count). The van der Waals surface area contributed by atoms with Gasteiger partial charge in [0.05, 0.1) is 11.3 Å². The van der Waals surface area contributed by atoms with Crippen LogP contribution in [0, 0.1) is 0 Å². The lowest BCUT2D eigenvalue weighted by molar-refractivity contribution is -0.145. The Bertz CT molecular complexity index is 769. The van der Waals surface area contributed by atoms with E-state index in [-0.39, 0.29) is 25.1 Å². The Labute approximate surface area is 139 Å². The number of nitrogens with zero attached hydrogens (tertiary/aromatic N) is 3. The molecule has 1 aromatic heterocycles. The quantitative estimate of drug-likeness (QED) is 0.755. The molecule has 0 unspecified atom stereocenters. The number of halogens is 6. The summed E-state index contributed by atoms with van der Waals surface area (Å²) in [6.45, 7) is 0.587. The first-order valence-electron chi connectivity index (χ1n) is 7.44. The first-order valence-corrected chi connectivity index (χ1v) is 7.44. The van der Waals surface area contributed by atoms with Crippen LogP contribution in [0.3, 0.4) is 0 Å². The van der Waals surface area contributed by atoms with Gasteiger partial charge in [-0.15, -0.1) is 0 Å². The number of hydrogen-bond donors (Lipinski definition) is 0. The van der Waals surface area contributed by atoms with E-state index < -0.39 is 23.7 Å². The molecule has 9 heteroatoms. The lowest BCUT2D eigenvalue weighted by Gasteiger charge is -2.29. The lowest BCUT2D eigenvalue weighted by atomic mass is 10.0. The van der Waals surface area contributed by atoms with Gasteiger partial charge in [0.25, 0.3) is 0 Å². The number of alkyl halides is 6. The third-order valence-electron chi connectivity index (χ3n) is 3.98. The largest absolute Gasteiger partial charge is 0.451 e. The standard InChI is InChI=1S/C16H13F6N3/c17-15(18,19)12-4-2-1-3-10(12)8-25-6-5-13-11(9-25)7-23-14(24-13)16(20,21)22/h1-4,7H,5-6,8-9H2. The molecule has 1 aliphatic rings. The Morgan fingerprint density at radius 2 is 1.72 bits per heavy atom. The van der Waals surface area contributed by atoms with Gasteiger partial charge in [0, 0.05) is 37.8 Å². The van der Waals surface area contributed by atoms with Crippen molar-refractivity contribution in [1.29, 1.82) is 0 Å². The molecule has 0 saturated carbocycles. The van der Waals surface area contributed by atoms with Crippen molar-refractivity contribution in [2.24, 2.45) is 0 Å². The third kappa shape index (κ3) is 3.92. The second-order valence-electron chi connectivity index (χ2n) is 5.78. The Morgan fingerprint density at radius 3 is 2.40 bits per heavy atom. The van der Waals surface area contributed by atoms with Crippen molar-refractivity contribution < 1.29 is 26.3 Å². The minimum atomic E-state index is -4.61. The summed E-state index contributed by atoms with van der Waals surface area (Å²) in [5.74, 6) is -1.19. The monoisotopic (exact) mass is 361 g/mol. The summed E-state index contributed by atoms with van der Waals surface area (Å²) in [7, 11) is 0. The zero-order valence-corrected chi connectivity index (χ0v) is 12.8. The van der Waals surface area contributed by atoms with E-state index in [1.807, 2.05) is 0 Å². The maximum atomic E-state index is 13.1. The molecule has 134 valence electrons. The SMILES string of the molecule is FC(F)(F)c1ncc2c(n1)CCN(Cc1ccccc1C(F)(F)F)C2. The Morgan fingerprint density at radius 1 is 1.00 bits per heavy atom. The number of rotatable bonds is 2. The van der Waals surface area contributed by atoms with Crippen LogP contribution in [0.5, 0.6) is 0 Å². The molecule has 0 fully saturated rings. The molecular formula is C16H13F6N3. The highest BCUT2D eigenvalue weighted by Crippen LogP contribution is 2.33. The van der Waals surface area contributed by atoms with Gasteiger partial charge >= 0.3 is 12.4 Å². The van der Waals surface area contributed by atoms with Gasteiger partial charge < -0.3 is 0 Å². The molecule has 1 aromatic carbocycles. The van der Waals surface area contributed by atoms with E-state index in [1.54, 1.807) is 4.90 Å². The molecule has 0 saturated heterocycles. The lowest BCUT2D eigenvalue weighted by Crippen LogP contribution is -2.32. The Hall–Kier alpha value is -2.16. The molecule has 0 atom stereocenters. The molecule has 2 heterocycles. The molecule has 0 N–H and O–H groups in total. The highest BCUT2D eigenvalue weighted by atomic mass is 19.4. The molecule has 1 aliphatic heterocycles. The van der Waals surface area contributed by atoms with Crippen LogP contribution in [-0.2, 0) is 31.9 Å². The van der Waals surface area contributed by atoms with Crippen LogP contribution in [-0.4, -0.2) is 21.4 Å². The van der Waals surface area contributed by atoms with Crippen molar-refractivity contribution >= 4 is 0 Å². The van der Waals surface area contributed by atoms with Gasteiger partial charge in [-0.2, -0.15) is 26.3 Å². The first kappa shape index (κ1) is 17.7. The maximum absolute atomic E-state index is 13.1. The molecule has 3 nitrogen and oxygen atoms in total. The summed E-state index contributed by atoms with van der Waals surface area (Å²) in [6.07, 6.45) is -7.73. The van der Waals surface area contributed by atoms with E-state index in [9.17, 15) is 26.3 Å². The van der Waals surface area contributed by atoms with Crippen molar-refractivity contribution in [2.45, 2.75) is 31.9 Å². The van der Waals surface area contributed by atoms with Gasteiger partial charge in [-0.3, -0.25) is 4.90 Å². The van der Waals surface area contributed by atoms with Crippen LogP contribution in [0.4, 0.5) is 26.3 Å². The van der Waals surface area contributed by atoms with Gasteiger partial charge in [-0.25, -0.2) is 9.97 Å². The number of benzene rings is 1. The Balaban J connectivity index is 1.79.